The van der Waals surface area contributed by atoms with E-state index in [1.54, 1.807) is 6.07 Å². The summed E-state index contributed by atoms with van der Waals surface area (Å²) in [6.07, 6.45) is 4.14. The zero-order chi connectivity index (χ0) is 37.3. The van der Waals surface area contributed by atoms with E-state index in [0.29, 0.717) is 12.6 Å². The number of benzene rings is 5. The SMILES string of the molecule is CCC(C)Nc1ccc(N)c2ccccc12.CCCCCOC(=O)c1nsc(N)n1.Cc1cc(N)ccc1N.Nc1ccc(N)c2ccccc12. The molecule has 0 saturated heterocycles. The van der Waals surface area contributed by atoms with Crippen LogP contribution in [0, 0.1) is 6.92 Å². The molecule has 1 unspecified atom stereocenters. The Morgan fingerprint density at radius 3 is 1.76 bits per heavy atom. The van der Waals surface area contributed by atoms with E-state index in [2.05, 4.69) is 53.6 Å². The number of carbonyl (C=O) groups is 1. The van der Waals surface area contributed by atoms with Crippen LogP contribution < -0.4 is 39.7 Å². The third kappa shape index (κ3) is 12.3. The zero-order valence-electron chi connectivity index (χ0n) is 29.9. The number of hydrogen-bond donors (Lipinski definition) is 7. The molecule has 0 saturated carbocycles. The molecule has 6 rings (SSSR count). The first kappa shape index (κ1) is 39.7. The van der Waals surface area contributed by atoms with Gasteiger partial charge >= 0.3 is 5.97 Å². The molecule has 11 nitrogen and oxygen atoms in total. The maximum Gasteiger partial charge on any atom is 0.377 e. The number of esters is 1. The lowest BCUT2D eigenvalue weighted by atomic mass is 10.1. The van der Waals surface area contributed by atoms with Gasteiger partial charge in [-0.25, -0.2) is 4.79 Å². The molecule has 0 spiro atoms. The quantitative estimate of drug-likeness (QED) is 0.0453. The van der Waals surface area contributed by atoms with Crippen LogP contribution >= 0.6 is 11.5 Å². The molecule has 12 heteroatoms. The molecule has 270 valence electrons. The van der Waals surface area contributed by atoms with Crippen molar-refractivity contribution in [3.8, 4) is 0 Å². The van der Waals surface area contributed by atoms with Crippen molar-refractivity contribution in [2.24, 2.45) is 0 Å². The van der Waals surface area contributed by atoms with Crippen molar-refractivity contribution in [3.05, 3.63) is 102 Å². The molecule has 1 aromatic heterocycles. The van der Waals surface area contributed by atoms with E-state index in [9.17, 15) is 4.79 Å². The summed E-state index contributed by atoms with van der Waals surface area (Å²) in [4.78, 5) is 14.9. The van der Waals surface area contributed by atoms with Crippen molar-refractivity contribution < 1.29 is 9.53 Å². The molecule has 0 bridgehead atoms. The van der Waals surface area contributed by atoms with Crippen LogP contribution in [0.5, 0.6) is 0 Å². The van der Waals surface area contributed by atoms with E-state index >= 15 is 0 Å². The second-order valence-corrected chi connectivity index (χ2v) is 12.7. The van der Waals surface area contributed by atoms with E-state index in [0.717, 1.165) is 87.4 Å². The van der Waals surface area contributed by atoms with Gasteiger partial charge in [-0.15, -0.1) is 0 Å². The largest absolute Gasteiger partial charge is 0.460 e. The molecule has 0 amide bonds. The van der Waals surface area contributed by atoms with Crippen molar-refractivity contribution in [1.29, 1.82) is 0 Å². The van der Waals surface area contributed by atoms with Gasteiger partial charge in [0.2, 0.25) is 0 Å². The van der Waals surface area contributed by atoms with Crippen LogP contribution in [-0.2, 0) is 4.74 Å². The molecule has 0 aliphatic heterocycles. The highest BCUT2D eigenvalue weighted by molar-refractivity contribution is 7.09. The lowest BCUT2D eigenvalue weighted by molar-refractivity contribution is 0.0485. The Bertz CT molecular complexity index is 1960. The Kier molecular flexibility index (Phi) is 15.6. The average molecular weight is 710 g/mol. The van der Waals surface area contributed by atoms with Crippen molar-refractivity contribution in [2.45, 2.75) is 59.4 Å². The van der Waals surface area contributed by atoms with Gasteiger partial charge in [0, 0.05) is 73.2 Å². The second kappa shape index (κ2) is 20.1. The average Bonchev–Trinajstić information content (AvgIpc) is 3.58. The molecule has 0 aliphatic rings. The highest BCUT2D eigenvalue weighted by atomic mass is 32.1. The van der Waals surface area contributed by atoms with Gasteiger partial charge in [0.15, 0.2) is 5.13 Å². The number of unbranched alkanes of at least 4 members (excludes halogenated alkanes) is 2. The van der Waals surface area contributed by atoms with E-state index < -0.39 is 5.97 Å². The number of carbonyl (C=O) groups excluding carboxylic acids is 1. The van der Waals surface area contributed by atoms with Gasteiger partial charge in [-0.05, 0) is 74.7 Å². The Hall–Kier alpha value is -5.75. The molecule has 1 heterocycles. The topological polar surface area (TPSA) is 220 Å². The number of nitrogens with zero attached hydrogens (tertiary/aromatic N) is 2. The highest BCUT2D eigenvalue weighted by Gasteiger charge is 2.12. The number of fused-ring (bicyclic) bond motifs is 2. The molecular weight excluding hydrogens is 659 g/mol. The number of nitrogen functional groups attached to an aromatic ring is 6. The number of rotatable bonds is 8. The fraction of sp³-hybridized carbons (Fsp3) is 0.256. The summed E-state index contributed by atoms with van der Waals surface area (Å²) in [5.74, 6) is -0.432. The number of nitrogens with one attached hydrogen (secondary N) is 1. The molecule has 51 heavy (non-hydrogen) atoms. The monoisotopic (exact) mass is 709 g/mol. The molecule has 6 aromatic rings. The maximum absolute atomic E-state index is 11.2. The molecular formula is C39H51N9O2S. The lowest BCUT2D eigenvalue weighted by Crippen LogP contribution is -2.13. The summed E-state index contributed by atoms with van der Waals surface area (Å²) < 4.78 is 8.68. The maximum atomic E-state index is 11.2. The normalized spacial score (nSPS) is 10.8. The first-order valence-corrected chi connectivity index (χ1v) is 17.7. The van der Waals surface area contributed by atoms with Gasteiger partial charge in [0.1, 0.15) is 0 Å². The van der Waals surface area contributed by atoms with Gasteiger partial charge in [-0.1, -0.05) is 75.2 Å². The first-order chi connectivity index (χ1) is 24.4. The van der Waals surface area contributed by atoms with Crippen LogP contribution in [0.2, 0.25) is 0 Å². The molecule has 5 aromatic carbocycles. The fourth-order valence-corrected chi connectivity index (χ4v) is 5.18. The van der Waals surface area contributed by atoms with Crippen LogP contribution in [0.15, 0.2) is 91.0 Å². The van der Waals surface area contributed by atoms with Gasteiger partial charge in [0.05, 0.1) is 6.61 Å². The van der Waals surface area contributed by atoms with Crippen molar-refractivity contribution >= 4 is 78.3 Å². The standard InChI is InChI=1S/C14H18N2.C10H10N2.C8H13N3O2S.C7H10N2/c1-3-10(2)16-14-9-8-13(15)11-6-4-5-7-12(11)14;11-9-5-6-10(12)8-4-2-1-3-7(8)9;1-2-3-4-5-13-7(12)6-10-8(9)14-11-6;1-5-4-6(8)2-3-7(5)9/h4-10,16H,3,15H2,1-2H3;1-6H,11-12H2;2-5H2,1H3,(H2,9,10,11);2-4H,8-9H2,1H3. The summed E-state index contributed by atoms with van der Waals surface area (Å²) in [5, 5.41) is 8.16. The first-order valence-electron chi connectivity index (χ1n) is 16.9. The molecule has 1 atom stereocenters. The minimum absolute atomic E-state index is 0.0593. The van der Waals surface area contributed by atoms with E-state index in [1.807, 2.05) is 73.7 Å². The van der Waals surface area contributed by atoms with E-state index in [4.69, 9.17) is 39.1 Å². The van der Waals surface area contributed by atoms with Crippen LogP contribution in [0.1, 0.15) is 62.6 Å². The molecule has 0 fully saturated rings. The van der Waals surface area contributed by atoms with Crippen LogP contribution in [0.4, 0.5) is 39.3 Å². The number of aromatic nitrogens is 2. The number of anilines is 7. The minimum atomic E-state index is -0.492. The minimum Gasteiger partial charge on any atom is -0.460 e. The molecule has 13 N–H and O–H groups in total. The number of aryl methyl sites for hydroxylation is 1. The van der Waals surface area contributed by atoms with Gasteiger partial charge in [0.25, 0.3) is 5.82 Å². The summed E-state index contributed by atoms with van der Waals surface area (Å²) >= 11 is 0.992. The Balaban J connectivity index is 0.000000187. The van der Waals surface area contributed by atoms with Gasteiger partial charge in [-0.2, -0.15) is 9.36 Å². The van der Waals surface area contributed by atoms with Crippen molar-refractivity contribution in [3.63, 3.8) is 0 Å². The summed E-state index contributed by atoms with van der Waals surface area (Å²) in [6.45, 7) is 8.81. The number of hydrogen-bond acceptors (Lipinski definition) is 12. The number of nitrogens with two attached hydrogens (primary N) is 6. The lowest BCUT2D eigenvalue weighted by Gasteiger charge is -2.16. The highest BCUT2D eigenvalue weighted by Crippen LogP contribution is 2.29. The van der Waals surface area contributed by atoms with Gasteiger partial charge in [-0.3, -0.25) is 0 Å². The van der Waals surface area contributed by atoms with Crippen molar-refractivity contribution in [2.75, 3.05) is 46.3 Å². The van der Waals surface area contributed by atoms with E-state index in [1.165, 1.54) is 11.1 Å². The zero-order valence-corrected chi connectivity index (χ0v) is 30.7. The Labute approximate surface area is 304 Å². The third-order valence-corrected chi connectivity index (χ3v) is 8.41. The predicted molar refractivity (Wildman–Crippen MR) is 219 cm³/mol. The Morgan fingerprint density at radius 1 is 0.745 bits per heavy atom. The summed E-state index contributed by atoms with van der Waals surface area (Å²) in [6, 6.07) is 29.7. The molecule has 0 radical (unpaired) electrons. The van der Waals surface area contributed by atoms with E-state index in [-0.39, 0.29) is 11.0 Å². The smallest absolute Gasteiger partial charge is 0.377 e. The molecule has 0 aliphatic carbocycles. The predicted octanol–water partition coefficient (Wildman–Crippen LogP) is 8.26. The van der Waals surface area contributed by atoms with Crippen LogP contribution in [0.3, 0.4) is 0 Å². The third-order valence-electron chi connectivity index (χ3n) is 7.86. The summed E-state index contributed by atoms with van der Waals surface area (Å²) in [5.41, 5.74) is 40.0. The van der Waals surface area contributed by atoms with Crippen LogP contribution in [0.25, 0.3) is 21.5 Å². The number of ether oxygens (including phenoxy) is 1. The fourth-order valence-electron chi connectivity index (χ4n) is 4.76. The Morgan fingerprint density at radius 2 is 1.27 bits per heavy atom. The second-order valence-electron chi connectivity index (χ2n) is 11.9. The summed E-state index contributed by atoms with van der Waals surface area (Å²) in [7, 11) is 0. The van der Waals surface area contributed by atoms with Crippen molar-refractivity contribution in [1.82, 2.24) is 9.36 Å². The van der Waals surface area contributed by atoms with Gasteiger partial charge < -0.3 is 44.5 Å². The van der Waals surface area contributed by atoms with Crippen LogP contribution in [-0.4, -0.2) is 28.0 Å².